The maximum absolute atomic E-state index is 5.39. The molecular formula is C21H36N4O2. The van der Waals surface area contributed by atoms with E-state index in [9.17, 15) is 0 Å². The minimum atomic E-state index is 0.623. The molecule has 0 radical (unpaired) electrons. The highest BCUT2D eigenvalue weighted by Gasteiger charge is 2.20. The average molecular weight is 377 g/mol. The average Bonchev–Trinajstić information content (AvgIpc) is 2.66. The molecule has 2 rings (SSSR count). The number of anilines is 1. The fourth-order valence-corrected chi connectivity index (χ4v) is 3.56. The molecule has 1 saturated heterocycles. The van der Waals surface area contributed by atoms with Crippen LogP contribution >= 0.6 is 0 Å². The third-order valence-corrected chi connectivity index (χ3v) is 4.72. The third kappa shape index (κ3) is 6.94. The van der Waals surface area contributed by atoms with Crippen molar-refractivity contribution >= 4 is 11.6 Å². The van der Waals surface area contributed by atoms with Crippen molar-refractivity contribution in [2.45, 2.75) is 33.6 Å². The standard InChI is InChI=1S/C21H36N4O2/c1-6-22-21(24-18-9-10-19(26-4)20(12-18)27-5)23-13-17-8-7-11-25(15-17)14-16(2)3/h9-10,12,16-17H,6-8,11,13-15H2,1-5H3,(H2,22,23,24). The lowest BCUT2D eigenvalue weighted by Gasteiger charge is -2.33. The summed E-state index contributed by atoms with van der Waals surface area (Å²) < 4.78 is 10.7. The number of nitrogens with one attached hydrogen (secondary N) is 2. The van der Waals surface area contributed by atoms with Gasteiger partial charge in [-0.25, -0.2) is 0 Å². The first kappa shape index (κ1) is 21.4. The van der Waals surface area contributed by atoms with Crippen LogP contribution in [-0.2, 0) is 0 Å². The van der Waals surface area contributed by atoms with Gasteiger partial charge in [-0.05, 0) is 50.3 Å². The third-order valence-electron chi connectivity index (χ3n) is 4.72. The molecular weight excluding hydrogens is 340 g/mol. The van der Waals surface area contributed by atoms with Gasteiger partial charge in [-0.1, -0.05) is 13.8 Å². The number of hydrogen-bond donors (Lipinski definition) is 2. The zero-order valence-corrected chi connectivity index (χ0v) is 17.5. The van der Waals surface area contributed by atoms with Gasteiger partial charge in [0.2, 0.25) is 0 Å². The molecule has 1 atom stereocenters. The van der Waals surface area contributed by atoms with Crippen LogP contribution in [0.25, 0.3) is 0 Å². The lowest BCUT2D eigenvalue weighted by atomic mass is 9.97. The van der Waals surface area contributed by atoms with Crippen molar-refractivity contribution in [3.8, 4) is 11.5 Å². The molecule has 0 aliphatic carbocycles. The Morgan fingerprint density at radius 2 is 2.04 bits per heavy atom. The van der Waals surface area contributed by atoms with Crippen LogP contribution in [0.4, 0.5) is 5.69 Å². The van der Waals surface area contributed by atoms with Crippen LogP contribution in [0.15, 0.2) is 23.2 Å². The number of benzene rings is 1. The van der Waals surface area contributed by atoms with Crippen molar-refractivity contribution in [3.05, 3.63) is 18.2 Å². The fraction of sp³-hybridized carbons (Fsp3) is 0.667. The molecule has 6 heteroatoms. The molecule has 0 spiro atoms. The molecule has 0 amide bonds. The molecule has 1 aromatic rings. The summed E-state index contributed by atoms with van der Waals surface area (Å²) in [5, 5.41) is 6.71. The van der Waals surface area contributed by atoms with Gasteiger partial charge in [-0.2, -0.15) is 0 Å². The predicted molar refractivity (Wildman–Crippen MR) is 113 cm³/mol. The first-order valence-electron chi connectivity index (χ1n) is 10.0. The summed E-state index contributed by atoms with van der Waals surface area (Å²) in [5.41, 5.74) is 0.928. The minimum Gasteiger partial charge on any atom is -0.493 e. The van der Waals surface area contributed by atoms with Gasteiger partial charge >= 0.3 is 0 Å². The molecule has 1 fully saturated rings. The highest BCUT2D eigenvalue weighted by atomic mass is 16.5. The maximum Gasteiger partial charge on any atom is 0.195 e. The summed E-state index contributed by atoms with van der Waals surface area (Å²) >= 11 is 0. The van der Waals surface area contributed by atoms with E-state index < -0.39 is 0 Å². The van der Waals surface area contributed by atoms with Crippen LogP contribution in [0.2, 0.25) is 0 Å². The molecule has 6 nitrogen and oxygen atoms in total. The summed E-state index contributed by atoms with van der Waals surface area (Å²) in [7, 11) is 3.29. The Kier molecular flexibility index (Phi) is 8.72. The number of piperidine rings is 1. The van der Waals surface area contributed by atoms with E-state index in [0.29, 0.717) is 11.7 Å². The van der Waals surface area contributed by atoms with E-state index in [4.69, 9.17) is 14.5 Å². The Labute approximate surface area is 164 Å². The molecule has 1 aliphatic rings. The van der Waals surface area contributed by atoms with E-state index in [0.717, 1.165) is 42.9 Å². The van der Waals surface area contributed by atoms with E-state index in [-0.39, 0.29) is 0 Å². The molecule has 1 aromatic carbocycles. The maximum atomic E-state index is 5.39. The summed E-state index contributed by atoms with van der Waals surface area (Å²) in [6, 6.07) is 5.80. The van der Waals surface area contributed by atoms with Gasteiger partial charge in [0.1, 0.15) is 0 Å². The molecule has 0 saturated carbocycles. The van der Waals surface area contributed by atoms with Crippen LogP contribution in [-0.4, -0.2) is 57.8 Å². The number of aliphatic imine (C=N–C) groups is 1. The Bertz CT molecular complexity index is 604. The number of nitrogens with zero attached hydrogens (tertiary/aromatic N) is 2. The molecule has 1 heterocycles. The van der Waals surface area contributed by atoms with E-state index >= 15 is 0 Å². The van der Waals surface area contributed by atoms with Crippen LogP contribution in [0.1, 0.15) is 33.6 Å². The molecule has 1 aliphatic heterocycles. The zero-order valence-electron chi connectivity index (χ0n) is 17.5. The quantitative estimate of drug-likeness (QED) is 0.538. The highest BCUT2D eigenvalue weighted by Crippen LogP contribution is 2.29. The summed E-state index contributed by atoms with van der Waals surface area (Å²) in [5.74, 6) is 3.58. The van der Waals surface area contributed by atoms with Crippen molar-refractivity contribution in [2.24, 2.45) is 16.8 Å². The smallest absolute Gasteiger partial charge is 0.195 e. The summed E-state index contributed by atoms with van der Waals surface area (Å²) in [6.07, 6.45) is 2.53. The van der Waals surface area contributed by atoms with Gasteiger partial charge < -0.3 is 25.0 Å². The SMILES string of the molecule is CCNC(=NCC1CCCN(CC(C)C)C1)Nc1ccc(OC)c(OC)c1. The number of rotatable bonds is 8. The van der Waals surface area contributed by atoms with Crippen LogP contribution in [0.3, 0.4) is 0 Å². The molecule has 2 N–H and O–H groups in total. The summed E-state index contributed by atoms with van der Waals surface area (Å²) in [4.78, 5) is 7.43. The zero-order chi connectivity index (χ0) is 19.6. The Hall–Kier alpha value is -1.95. The van der Waals surface area contributed by atoms with Gasteiger partial charge in [0.05, 0.1) is 14.2 Å². The van der Waals surface area contributed by atoms with Gasteiger partial charge in [0.15, 0.2) is 17.5 Å². The van der Waals surface area contributed by atoms with E-state index in [1.807, 2.05) is 18.2 Å². The second kappa shape index (κ2) is 11.0. The monoisotopic (exact) mass is 376 g/mol. The Morgan fingerprint density at radius 3 is 2.70 bits per heavy atom. The second-order valence-electron chi connectivity index (χ2n) is 7.58. The van der Waals surface area contributed by atoms with Crippen molar-refractivity contribution in [2.75, 3.05) is 52.3 Å². The van der Waals surface area contributed by atoms with Gasteiger partial charge in [0, 0.05) is 37.9 Å². The molecule has 27 heavy (non-hydrogen) atoms. The first-order valence-corrected chi connectivity index (χ1v) is 10.0. The highest BCUT2D eigenvalue weighted by molar-refractivity contribution is 5.93. The van der Waals surface area contributed by atoms with E-state index in [1.54, 1.807) is 14.2 Å². The topological polar surface area (TPSA) is 58.1 Å². The van der Waals surface area contributed by atoms with Crippen molar-refractivity contribution < 1.29 is 9.47 Å². The van der Waals surface area contributed by atoms with Gasteiger partial charge in [-0.3, -0.25) is 4.99 Å². The first-order chi connectivity index (χ1) is 13.0. The van der Waals surface area contributed by atoms with Crippen LogP contribution in [0.5, 0.6) is 11.5 Å². The van der Waals surface area contributed by atoms with Gasteiger partial charge in [0.25, 0.3) is 0 Å². The molecule has 152 valence electrons. The van der Waals surface area contributed by atoms with Crippen LogP contribution < -0.4 is 20.1 Å². The minimum absolute atomic E-state index is 0.623. The van der Waals surface area contributed by atoms with Gasteiger partial charge in [-0.15, -0.1) is 0 Å². The molecule has 0 bridgehead atoms. The number of likely N-dealkylation sites (tertiary alicyclic amines) is 1. The number of guanidine groups is 1. The normalized spacial score (nSPS) is 18.4. The molecule has 1 unspecified atom stereocenters. The Morgan fingerprint density at radius 1 is 1.26 bits per heavy atom. The predicted octanol–water partition coefficient (Wildman–Crippen LogP) is 3.45. The van der Waals surface area contributed by atoms with Crippen molar-refractivity contribution in [1.29, 1.82) is 0 Å². The molecule has 0 aromatic heterocycles. The fourth-order valence-electron chi connectivity index (χ4n) is 3.56. The lowest BCUT2D eigenvalue weighted by Crippen LogP contribution is -2.39. The van der Waals surface area contributed by atoms with E-state index in [2.05, 4.69) is 36.3 Å². The largest absolute Gasteiger partial charge is 0.493 e. The number of hydrogen-bond acceptors (Lipinski definition) is 4. The Balaban J connectivity index is 1.99. The van der Waals surface area contributed by atoms with Crippen molar-refractivity contribution in [3.63, 3.8) is 0 Å². The lowest BCUT2D eigenvalue weighted by molar-refractivity contribution is 0.162. The van der Waals surface area contributed by atoms with E-state index in [1.165, 1.54) is 25.9 Å². The number of ether oxygens (including phenoxy) is 2. The van der Waals surface area contributed by atoms with Crippen LogP contribution in [0, 0.1) is 11.8 Å². The second-order valence-corrected chi connectivity index (χ2v) is 7.58. The summed E-state index contributed by atoms with van der Waals surface area (Å²) in [6.45, 7) is 11.9. The van der Waals surface area contributed by atoms with Crippen molar-refractivity contribution in [1.82, 2.24) is 10.2 Å². The number of methoxy groups -OCH3 is 2.